The lowest BCUT2D eigenvalue weighted by Crippen LogP contribution is -2.57. The number of thiocarbonyl (C=S) groups is 1. The first-order chi connectivity index (χ1) is 23.6. The summed E-state index contributed by atoms with van der Waals surface area (Å²) in [5.41, 5.74) is 5.68. The van der Waals surface area contributed by atoms with Gasteiger partial charge in [0.25, 0.3) is 0 Å². The molecule has 1 saturated heterocycles. The van der Waals surface area contributed by atoms with Crippen LogP contribution in [0.25, 0.3) is 0 Å². The summed E-state index contributed by atoms with van der Waals surface area (Å²) >= 11 is 5.73. The van der Waals surface area contributed by atoms with E-state index in [9.17, 15) is 24.3 Å². The molecular formula is C37H61N5O7S. The molecule has 1 aromatic rings. The van der Waals surface area contributed by atoms with Crippen LogP contribution in [0.2, 0.25) is 0 Å². The second-order valence-corrected chi connectivity index (χ2v) is 14.5. The number of unbranched alkanes of at least 4 members (excludes halogenated alkanes) is 1. The van der Waals surface area contributed by atoms with Crippen LogP contribution in [0.1, 0.15) is 85.6 Å². The van der Waals surface area contributed by atoms with Crippen molar-refractivity contribution in [2.24, 2.45) is 17.6 Å². The van der Waals surface area contributed by atoms with Crippen molar-refractivity contribution in [1.82, 2.24) is 20.4 Å². The number of hydrogen-bond acceptors (Lipinski definition) is 8. The van der Waals surface area contributed by atoms with Gasteiger partial charge in [0.15, 0.2) is 0 Å². The molecule has 0 aromatic heterocycles. The molecule has 5 N–H and O–H groups in total. The summed E-state index contributed by atoms with van der Waals surface area (Å²) in [5.74, 6) is -2.18. The number of carboxylic acid groups (broad SMARTS) is 1. The van der Waals surface area contributed by atoms with Crippen LogP contribution < -0.4 is 16.4 Å². The fourth-order valence-corrected chi connectivity index (χ4v) is 6.92. The van der Waals surface area contributed by atoms with Gasteiger partial charge in [-0.2, -0.15) is 0 Å². The van der Waals surface area contributed by atoms with Crippen molar-refractivity contribution >= 4 is 40.9 Å². The molecule has 0 spiro atoms. The number of rotatable bonds is 21. The number of benzene rings is 1. The number of methoxy groups -OCH3 is 2. The zero-order valence-corrected chi connectivity index (χ0v) is 32.1. The van der Waals surface area contributed by atoms with Crippen LogP contribution in [-0.2, 0) is 35.1 Å². The second-order valence-electron chi connectivity index (χ2n) is 14.1. The molecule has 1 heterocycles. The van der Waals surface area contributed by atoms with Crippen molar-refractivity contribution in [3.05, 3.63) is 35.9 Å². The number of carboxylic acids is 1. The SMILES string of the molecule is CCCCN(C(=O)CNC(=O)C(C)(C)N)C(C(C)CC)C(CC(=O)N1CCCC1C(OC)C(C)C(=S)NC(Cc1ccccc1)C(=O)O)OC. The van der Waals surface area contributed by atoms with Gasteiger partial charge in [0, 0.05) is 39.6 Å². The normalized spacial score (nSPS) is 18.3. The Bertz CT molecular complexity index is 1260. The van der Waals surface area contributed by atoms with E-state index in [0.29, 0.717) is 24.5 Å². The number of likely N-dealkylation sites (tertiary alicyclic amines) is 1. The molecule has 0 saturated carbocycles. The lowest BCUT2D eigenvalue weighted by Gasteiger charge is -2.41. The monoisotopic (exact) mass is 719 g/mol. The molecule has 7 unspecified atom stereocenters. The van der Waals surface area contributed by atoms with Crippen LogP contribution in [0.4, 0.5) is 0 Å². The van der Waals surface area contributed by atoms with Crippen LogP contribution in [0.3, 0.4) is 0 Å². The predicted molar refractivity (Wildman–Crippen MR) is 199 cm³/mol. The fraction of sp³-hybridized carbons (Fsp3) is 0.703. The minimum Gasteiger partial charge on any atom is -0.480 e. The van der Waals surface area contributed by atoms with Crippen LogP contribution in [0.5, 0.6) is 0 Å². The molecule has 0 aliphatic carbocycles. The highest BCUT2D eigenvalue weighted by Crippen LogP contribution is 2.30. The molecule has 50 heavy (non-hydrogen) atoms. The maximum absolute atomic E-state index is 14.1. The zero-order valence-electron chi connectivity index (χ0n) is 31.3. The first-order valence-electron chi connectivity index (χ1n) is 17.9. The third-order valence-corrected chi connectivity index (χ3v) is 10.3. The highest BCUT2D eigenvalue weighted by atomic mass is 32.1. The zero-order chi connectivity index (χ0) is 37.6. The third kappa shape index (κ3) is 12.3. The number of hydrogen-bond donors (Lipinski definition) is 4. The second kappa shape index (κ2) is 20.7. The Hall–Kier alpha value is -3.13. The molecule has 1 aliphatic heterocycles. The van der Waals surface area contributed by atoms with E-state index >= 15 is 0 Å². The van der Waals surface area contributed by atoms with Gasteiger partial charge in [-0.15, -0.1) is 0 Å². The van der Waals surface area contributed by atoms with Crippen molar-refractivity contribution in [1.29, 1.82) is 0 Å². The van der Waals surface area contributed by atoms with Crippen LogP contribution >= 0.6 is 12.2 Å². The van der Waals surface area contributed by atoms with Gasteiger partial charge in [-0.25, -0.2) is 4.79 Å². The summed E-state index contributed by atoms with van der Waals surface area (Å²) in [6, 6.07) is 7.75. The molecule has 1 fully saturated rings. The lowest BCUT2D eigenvalue weighted by molar-refractivity contribution is -0.145. The maximum atomic E-state index is 14.1. The molecule has 1 aliphatic rings. The summed E-state index contributed by atoms with van der Waals surface area (Å²) in [4.78, 5) is 56.4. The molecule has 12 nitrogen and oxygen atoms in total. The Morgan fingerprint density at radius 1 is 1.12 bits per heavy atom. The van der Waals surface area contributed by atoms with E-state index in [1.807, 2.05) is 62.9 Å². The van der Waals surface area contributed by atoms with E-state index in [4.69, 9.17) is 27.4 Å². The molecule has 3 amide bonds. The summed E-state index contributed by atoms with van der Waals surface area (Å²) in [6.07, 6.45) is 3.08. The summed E-state index contributed by atoms with van der Waals surface area (Å²) in [7, 11) is 3.15. The van der Waals surface area contributed by atoms with Crippen LogP contribution in [0.15, 0.2) is 30.3 Å². The van der Waals surface area contributed by atoms with Gasteiger partial charge < -0.3 is 40.7 Å². The standard InChI is InChI=1S/C37H61N5O7S/c1-9-11-19-42(31(44)23-39-36(47)37(5,6)38)32(24(3)10-2)29(48-7)22-30(43)41-20-15-18-28(41)33(49-8)25(4)34(50)40-27(35(45)46)21-26-16-13-12-14-17-26/h12-14,16-17,24-25,27-29,32-33H,9-11,15,18-23,38H2,1-8H3,(H,39,47)(H,40,50)(H,45,46). The number of aliphatic carboxylic acids is 1. The van der Waals surface area contributed by atoms with Gasteiger partial charge >= 0.3 is 5.97 Å². The largest absolute Gasteiger partial charge is 0.480 e. The third-order valence-electron chi connectivity index (χ3n) is 9.78. The van der Waals surface area contributed by atoms with Crippen LogP contribution in [0, 0.1) is 11.8 Å². The Morgan fingerprint density at radius 3 is 2.32 bits per heavy atom. The molecule has 2 rings (SSSR count). The van der Waals surface area contributed by atoms with Crippen molar-refractivity contribution in [2.75, 3.05) is 33.9 Å². The highest BCUT2D eigenvalue weighted by molar-refractivity contribution is 7.80. The Labute approximate surface area is 304 Å². The fourth-order valence-electron chi connectivity index (χ4n) is 6.64. The van der Waals surface area contributed by atoms with Gasteiger partial charge in [-0.3, -0.25) is 14.4 Å². The lowest BCUT2D eigenvalue weighted by atomic mass is 9.89. The minimum atomic E-state index is -1.13. The Balaban J connectivity index is 2.26. The van der Waals surface area contributed by atoms with E-state index in [-0.39, 0.29) is 49.1 Å². The average molecular weight is 720 g/mol. The van der Waals surface area contributed by atoms with Crippen molar-refractivity contribution in [3.63, 3.8) is 0 Å². The van der Waals surface area contributed by atoms with E-state index in [2.05, 4.69) is 10.6 Å². The Morgan fingerprint density at radius 2 is 1.78 bits per heavy atom. The molecule has 0 bridgehead atoms. The Kier molecular flexibility index (Phi) is 17.8. The molecule has 1 aromatic carbocycles. The van der Waals surface area contributed by atoms with E-state index in [1.165, 1.54) is 0 Å². The molecule has 13 heteroatoms. The number of nitrogens with one attached hydrogen (secondary N) is 2. The highest BCUT2D eigenvalue weighted by Gasteiger charge is 2.42. The predicted octanol–water partition coefficient (Wildman–Crippen LogP) is 3.54. The molecule has 282 valence electrons. The summed E-state index contributed by atoms with van der Waals surface area (Å²) in [5, 5.41) is 15.7. The van der Waals surface area contributed by atoms with Crippen molar-refractivity contribution in [3.8, 4) is 0 Å². The van der Waals surface area contributed by atoms with Crippen molar-refractivity contribution < 1.29 is 33.8 Å². The molecule has 0 radical (unpaired) electrons. The quantitative estimate of drug-likeness (QED) is 0.138. The summed E-state index contributed by atoms with van der Waals surface area (Å²) in [6.45, 7) is 12.0. The van der Waals surface area contributed by atoms with Gasteiger partial charge in [0.1, 0.15) is 6.04 Å². The van der Waals surface area contributed by atoms with Gasteiger partial charge in [0.05, 0.1) is 47.8 Å². The number of carbonyl (C=O) groups excluding carboxylic acids is 3. The number of ether oxygens (including phenoxy) is 2. The molecule has 7 atom stereocenters. The van der Waals surface area contributed by atoms with Crippen LogP contribution in [-0.4, -0.2) is 113 Å². The number of amides is 3. The first-order valence-corrected chi connectivity index (χ1v) is 18.3. The van der Waals surface area contributed by atoms with E-state index in [0.717, 1.165) is 31.2 Å². The smallest absolute Gasteiger partial charge is 0.326 e. The number of nitrogens with zero attached hydrogens (tertiary/aromatic N) is 2. The van der Waals surface area contributed by atoms with E-state index in [1.54, 1.807) is 33.0 Å². The first kappa shape index (κ1) is 43.0. The minimum absolute atomic E-state index is 0.00200. The van der Waals surface area contributed by atoms with Gasteiger partial charge in [-0.1, -0.05) is 83.1 Å². The van der Waals surface area contributed by atoms with Gasteiger partial charge in [-0.05, 0) is 44.6 Å². The molecular weight excluding hydrogens is 659 g/mol. The number of carbonyl (C=O) groups is 4. The summed E-state index contributed by atoms with van der Waals surface area (Å²) < 4.78 is 12.0. The topological polar surface area (TPSA) is 164 Å². The van der Waals surface area contributed by atoms with Crippen molar-refractivity contribution in [2.45, 2.75) is 122 Å². The van der Waals surface area contributed by atoms with Gasteiger partial charge in [0.2, 0.25) is 17.7 Å². The average Bonchev–Trinajstić information content (AvgIpc) is 3.57. The van der Waals surface area contributed by atoms with E-state index < -0.39 is 41.7 Å². The maximum Gasteiger partial charge on any atom is 0.326 e. The number of nitrogens with two attached hydrogens (primary N) is 1.